The van der Waals surface area contributed by atoms with Crippen LogP contribution < -0.4 is 20.0 Å². The molecule has 10 nitrogen and oxygen atoms in total. The molecular formula is C60H59ClF6N8O2. The van der Waals surface area contributed by atoms with Gasteiger partial charge in [-0.3, -0.25) is 19.9 Å². The molecule has 4 aliphatic heterocycles. The molecule has 2 saturated heterocycles. The smallest absolute Gasteiger partial charge is 0.137 e. The molecule has 2 fully saturated rings. The number of aromatic nitrogens is 4. The number of halogens is 7. The standard InChI is InChI=1S/C30H29F3N4O.C17H11ClF3N.C13H19N3O/c1-18-24(12-19-5-4-6-20(31)11-19)35-25-14-21(32)13-23(33)27(25)28(18)37-17-30(2,3)29-26(37)15-22(16-34-29)36-7-9-38-10-8-36;1-9-14(6-10-3-2-4-11(19)5-10)22-15-8-12(20)7-13(21)16(15)17(9)18;1-13(2)9-15-11-7-10(8-14-12(11)13)16-3-5-17-6-4-16/h4-6,11,13-16H,7-10,12,17H2,1-3H3;2-5,7-8H,6H2,1H3;7-8,15H,3-6,9H2,1-2H3. The Morgan fingerprint density at radius 2 is 1.09 bits per heavy atom. The number of ether oxygens (including phenoxy) is 2. The molecule has 0 radical (unpaired) electrons. The highest BCUT2D eigenvalue weighted by Crippen LogP contribution is 2.48. The van der Waals surface area contributed by atoms with E-state index >= 15 is 4.39 Å². The molecule has 77 heavy (non-hydrogen) atoms. The van der Waals surface area contributed by atoms with Crippen LogP contribution in [-0.2, 0) is 33.1 Å². The Hall–Kier alpha value is -7.01. The molecule has 4 aromatic carbocycles. The fourth-order valence-corrected chi connectivity index (χ4v) is 10.9. The molecule has 0 atom stereocenters. The number of hydrogen-bond acceptors (Lipinski definition) is 10. The third kappa shape index (κ3) is 11.2. The molecule has 4 aliphatic rings. The van der Waals surface area contributed by atoms with Gasteiger partial charge in [0.25, 0.3) is 0 Å². The maximum Gasteiger partial charge on any atom is 0.137 e. The van der Waals surface area contributed by atoms with E-state index in [4.69, 9.17) is 26.1 Å². The third-order valence-corrected chi connectivity index (χ3v) is 15.2. The van der Waals surface area contributed by atoms with E-state index in [0.29, 0.717) is 60.8 Å². The summed E-state index contributed by atoms with van der Waals surface area (Å²) >= 11 is 6.21. The van der Waals surface area contributed by atoms with Crippen molar-refractivity contribution in [3.63, 3.8) is 0 Å². The quantitative estimate of drug-likeness (QED) is 0.156. The number of rotatable bonds is 7. The van der Waals surface area contributed by atoms with E-state index in [2.05, 4.69) is 74.8 Å². The Labute approximate surface area is 449 Å². The Balaban J connectivity index is 0.000000145. The number of morpholine rings is 2. The molecule has 0 saturated carbocycles. The summed E-state index contributed by atoms with van der Waals surface area (Å²) in [6.45, 7) is 20.3. The van der Waals surface area contributed by atoms with E-state index in [9.17, 15) is 22.0 Å². The molecule has 8 heterocycles. The van der Waals surface area contributed by atoms with Crippen LogP contribution in [0.25, 0.3) is 21.8 Å². The number of hydrogen-bond donors (Lipinski definition) is 1. The molecule has 0 unspecified atom stereocenters. The summed E-state index contributed by atoms with van der Waals surface area (Å²) in [5.74, 6) is -3.49. The minimum atomic E-state index is -0.743. The van der Waals surface area contributed by atoms with Gasteiger partial charge in [-0.05, 0) is 72.5 Å². The first-order valence-corrected chi connectivity index (χ1v) is 26.1. The molecule has 17 heteroatoms. The lowest BCUT2D eigenvalue weighted by Crippen LogP contribution is -2.36. The minimum absolute atomic E-state index is 0.101. The van der Waals surface area contributed by atoms with Gasteiger partial charge in [-0.15, -0.1) is 0 Å². The summed E-state index contributed by atoms with van der Waals surface area (Å²) in [4.78, 5) is 25.2. The molecule has 0 bridgehead atoms. The summed E-state index contributed by atoms with van der Waals surface area (Å²) in [6.07, 6.45) is 4.56. The van der Waals surface area contributed by atoms with E-state index in [1.54, 1.807) is 25.1 Å². The van der Waals surface area contributed by atoms with Gasteiger partial charge in [-0.1, -0.05) is 63.6 Å². The Bertz CT molecular complexity index is 3530. The molecule has 0 aliphatic carbocycles. The normalized spacial score (nSPS) is 16.4. The Kier molecular flexibility index (Phi) is 15.1. The molecule has 400 valence electrons. The van der Waals surface area contributed by atoms with Crippen LogP contribution in [0.3, 0.4) is 0 Å². The molecule has 12 rings (SSSR count). The summed E-state index contributed by atoms with van der Waals surface area (Å²) in [7, 11) is 0. The highest BCUT2D eigenvalue weighted by Gasteiger charge is 2.40. The third-order valence-electron chi connectivity index (χ3n) is 14.7. The summed E-state index contributed by atoms with van der Waals surface area (Å²) < 4.78 is 95.2. The second-order valence-corrected chi connectivity index (χ2v) is 21.6. The van der Waals surface area contributed by atoms with Crippen LogP contribution in [0.1, 0.15) is 72.7 Å². The second kappa shape index (κ2) is 21.8. The summed E-state index contributed by atoms with van der Waals surface area (Å²) in [6, 6.07) is 20.9. The van der Waals surface area contributed by atoms with E-state index in [-0.39, 0.29) is 49.3 Å². The largest absolute Gasteiger partial charge is 0.383 e. The first-order chi connectivity index (χ1) is 36.8. The SMILES string of the molecule is CC1(C)CNc2cc(N3CCOCC3)cnc21.Cc1c(Cc2cccc(F)c2)nc2cc(F)cc(F)c2c1Cl.Cc1c(Cc2cccc(F)c2)nc2cc(F)cc(F)c2c1N1CC(C)(C)c2ncc(N3CCOCC3)cc21. The minimum Gasteiger partial charge on any atom is -0.383 e. The topological polar surface area (TPSA) is 91.8 Å². The Morgan fingerprint density at radius 1 is 0.584 bits per heavy atom. The van der Waals surface area contributed by atoms with Crippen molar-refractivity contribution in [3.05, 3.63) is 182 Å². The number of anilines is 5. The molecule has 0 spiro atoms. The first kappa shape index (κ1) is 53.4. The average molecular weight is 1070 g/mol. The molecule has 1 N–H and O–H groups in total. The summed E-state index contributed by atoms with van der Waals surface area (Å²) in [5.41, 5.74) is 11.3. The predicted molar refractivity (Wildman–Crippen MR) is 292 cm³/mol. The monoisotopic (exact) mass is 1070 g/mol. The Morgan fingerprint density at radius 3 is 1.65 bits per heavy atom. The van der Waals surface area contributed by atoms with Crippen molar-refractivity contribution in [1.82, 2.24) is 19.9 Å². The van der Waals surface area contributed by atoms with Gasteiger partial charge in [0.1, 0.15) is 34.9 Å². The molecular weight excluding hydrogens is 1010 g/mol. The molecule has 4 aromatic heterocycles. The van der Waals surface area contributed by atoms with Crippen molar-refractivity contribution >= 4 is 61.8 Å². The highest BCUT2D eigenvalue weighted by molar-refractivity contribution is 6.36. The van der Waals surface area contributed by atoms with Gasteiger partial charge in [0.2, 0.25) is 0 Å². The summed E-state index contributed by atoms with van der Waals surface area (Å²) in [5, 5.41) is 4.02. The van der Waals surface area contributed by atoms with Gasteiger partial charge in [0, 0.05) is 92.9 Å². The lowest BCUT2D eigenvalue weighted by atomic mass is 9.91. The van der Waals surface area contributed by atoms with Crippen molar-refractivity contribution in [2.45, 2.75) is 65.2 Å². The fourth-order valence-electron chi connectivity index (χ4n) is 10.6. The van der Waals surface area contributed by atoms with Crippen molar-refractivity contribution in [2.75, 3.05) is 85.7 Å². The predicted octanol–water partition coefficient (Wildman–Crippen LogP) is 13.0. The fraction of sp³-hybridized carbons (Fsp3) is 0.333. The van der Waals surface area contributed by atoms with E-state index in [1.165, 1.54) is 47.4 Å². The van der Waals surface area contributed by atoms with Gasteiger partial charge in [0.05, 0.1) is 111 Å². The second-order valence-electron chi connectivity index (χ2n) is 21.3. The average Bonchev–Trinajstić information content (AvgIpc) is 3.85. The van der Waals surface area contributed by atoms with E-state index in [1.807, 2.05) is 25.4 Å². The van der Waals surface area contributed by atoms with Gasteiger partial charge >= 0.3 is 0 Å². The van der Waals surface area contributed by atoms with E-state index in [0.717, 1.165) is 92.3 Å². The van der Waals surface area contributed by atoms with Crippen molar-refractivity contribution in [3.8, 4) is 0 Å². The maximum atomic E-state index is 15.5. The number of nitrogens with one attached hydrogen (secondary N) is 1. The zero-order chi connectivity index (χ0) is 54.3. The van der Waals surface area contributed by atoms with Crippen LogP contribution >= 0.6 is 11.6 Å². The zero-order valence-electron chi connectivity index (χ0n) is 43.8. The van der Waals surface area contributed by atoms with Gasteiger partial charge in [-0.2, -0.15) is 0 Å². The van der Waals surface area contributed by atoms with Gasteiger partial charge in [-0.25, -0.2) is 26.3 Å². The molecule has 8 aromatic rings. The lowest BCUT2D eigenvalue weighted by Gasteiger charge is -2.30. The van der Waals surface area contributed by atoms with Crippen molar-refractivity contribution in [2.24, 2.45) is 0 Å². The van der Waals surface area contributed by atoms with Crippen LogP contribution in [0, 0.1) is 48.8 Å². The van der Waals surface area contributed by atoms with Crippen LogP contribution in [0.5, 0.6) is 0 Å². The van der Waals surface area contributed by atoms with Gasteiger partial charge < -0.3 is 29.5 Å². The van der Waals surface area contributed by atoms with Crippen LogP contribution in [0.2, 0.25) is 5.02 Å². The number of pyridine rings is 4. The molecule has 0 amide bonds. The first-order valence-electron chi connectivity index (χ1n) is 25.7. The lowest BCUT2D eigenvalue weighted by molar-refractivity contribution is 0.122. The number of benzene rings is 4. The van der Waals surface area contributed by atoms with E-state index < -0.39 is 23.3 Å². The number of fused-ring (bicyclic) bond motifs is 4. The zero-order valence-corrected chi connectivity index (χ0v) is 44.6. The van der Waals surface area contributed by atoms with Crippen LogP contribution in [-0.4, -0.2) is 85.6 Å². The van der Waals surface area contributed by atoms with Crippen molar-refractivity contribution in [1.29, 1.82) is 0 Å². The maximum absolute atomic E-state index is 15.5. The van der Waals surface area contributed by atoms with Crippen LogP contribution in [0.4, 0.5) is 54.8 Å². The van der Waals surface area contributed by atoms with Crippen LogP contribution in [0.15, 0.2) is 97.3 Å². The van der Waals surface area contributed by atoms with Crippen molar-refractivity contribution < 1.29 is 35.8 Å². The number of nitrogens with zero attached hydrogens (tertiary/aromatic N) is 7. The van der Waals surface area contributed by atoms with Gasteiger partial charge in [0.15, 0.2) is 0 Å². The highest BCUT2D eigenvalue weighted by atomic mass is 35.5.